The van der Waals surface area contributed by atoms with Crippen LogP contribution in [0.25, 0.3) is 0 Å². The number of anilines is 4. The van der Waals surface area contributed by atoms with Crippen molar-refractivity contribution in [3.05, 3.63) is 119 Å². The Morgan fingerprint density at radius 3 is 1.52 bits per heavy atom. The summed E-state index contributed by atoms with van der Waals surface area (Å²) in [6.07, 6.45) is 1.85. The van der Waals surface area contributed by atoms with Crippen molar-refractivity contribution in [3.63, 3.8) is 0 Å². The third kappa shape index (κ3) is 5.26. The second-order valence-electron chi connectivity index (χ2n) is 6.98. The van der Waals surface area contributed by atoms with E-state index in [9.17, 15) is 0 Å². The largest absolute Gasteiger partial charge is 0.311 e. The Hall–Kier alpha value is -3.27. The van der Waals surface area contributed by atoms with Crippen LogP contribution >= 0.6 is 23.2 Å². The second-order valence-corrected chi connectivity index (χ2v) is 7.86. The van der Waals surface area contributed by atoms with Crippen molar-refractivity contribution in [2.24, 2.45) is 5.10 Å². The van der Waals surface area contributed by atoms with Gasteiger partial charge in [-0.2, -0.15) is 5.10 Å². The standard InChI is InChI=1S/C26H21Cl2N3/c1-30(23-5-3-2-4-6-23)29-19-20-7-13-24(14-8-20)31(25-15-9-21(27)10-16-25)26-17-11-22(28)12-18-26/h2-19H,1H3/b29-19+. The summed E-state index contributed by atoms with van der Waals surface area (Å²) >= 11 is 12.2. The van der Waals surface area contributed by atoms with Gasteiger partial charge in [0.15, 0.2) is 0 Å². The van der Waals surface area contributed by atoms with Gasteiger partial charge in [0.05, 0.1) is 11.9 Å². The zero-order valence-corrected chi connectivity index (χ0v) is 18.5. The van der Waals surface area contributed by atoms with Crippen molar-refractivity contribution < 1.29 is 0 Å². The molecule has 0 aliphatic heterocycles. The summed E-state index contributed by atoms with van der Waals surface area (Å²) < 4.78 is 0. The number of hydrogen-bond acceptors (Lipinski definition) is 3. The van der Waals surface area contributed by atoms with Gasteiger partial charge in [-0.25, -0.2) is 0 Å². The topological polar surface area (TPSA) is 18.8 Å². The van der Waals surface area contributed by atoms with Gasteiger partial charge in [-0.15, -0.1) is 0 Å². The summed E-state index contributed by atoms with van der Waals surface area (Å²) in [5, 5.41) is 7.79. The summed E-state index contributed by atoms with van der Waals surface area (Å²) in [6.45, 7) is 0. The summed E-state index contributed by atoms with van der Waals surface area (Å²) in [6, 6.07) is 33.9. The summed E-state index contributed by atoms with van der Waals surface area (Å²) in [5.74, 6) is 0. The first-order valence-electron chi connectivity index (χ1n) is 9.84. The highest BCUT2D eigenvalue weighted by Crippen LogP contribution is 2.35. The maximum Gasteiger partial charge on any atom is 0.0590 e. The maximum absolute atomic E-state index is 6.10. The van der Waals surface area contributed by atoms with Crippen LogP contribution in [0.5, 0.6) is 0 Å². The fourth-order valence-electron chi connectivity index (χ4n) is 3.20. The van der Waals surface area contributed by atoms with Crippen LogP contribution in [0.15, 0.2) is 108 Å². The Kier molecular flexibility index (Phi) is 6.56. The lowest BCUT2D eigenvalue weighted by Gasteiger charge is -2.25. The van der Waals surface area contributed by atoms with Crippen molar-refractivity contribution in [1.82, 2.24) is 0 Å². The molecule has 0 saturated heterocycles. The van der Waals surface area contributed by atoms with Gasteiger partial charge in [0.1, 0.15) is 0 Å². The molecule has 0 spiro atoms. The summed E-state index contributed by atoms with van der Waals surface area (Å²) in [5.41, 5.74) is 5.10. The molecule has 4 aromatic rings. The van der Waals surface area contributed by atoms with Crippen LogP contribution in [0.2, 0.25) is 10.0 Å². The molecule has 154 valence electrons. The van der Waals surface area contributed by atoms with Crippen LogP contribution in [-0.4, -0.2) is 13.3 Å². The first-order valence-corrected chi connectivity index (χ1v) is 10.6. The normalized spacial score (nSPS) is 10.9. The Morgan fingerprint density at radius 2 is 1.03 bits per heavy atom. The van der Waals surface area contributed by atoms with Crippen LogP contribution in [0.1, 0.15) is 5.56 Å². The third-order valence-electron chi connectivity index (χ3n) is 4.83. The minimum absolute atomic E-state index is 0.703. The van der Waals surface area contributed by atoms with E-state index in [1.165, 1.54) is 0 Å². The molecule has 0 unspecified atom stereocenters. The molecule has 0 aliphatic rings. The SMILES string of the molecule is CN(/N=C/c1ccc(N(c2ccc(Cl)cc2)c2ccc(Cl)cc2)cc1)c1ccccc1. The summed E-state index contributed by atoms with van der Waals surface area (Å²) in [4.78, 5) is 2.16. The van der Waals surface area contributed by atoms with Crippen LogP contribution in [-0.2, 0) is 0 Å². The Morgan fingerprint density at radius 1 is 0.581 bits per heavy atom. The number of para-hydroxylation sites is 1. The molecule has 0 radical (unpaired) electrons. The monoisotopic (exact) mass is 445 g/mol. The fraction of sp³-hybridized carbons (Fsp3) is 0.0385. The van der Waals surface area contributed by atoms with E-state index in [1.807, 2.05) is 97.1 Å². The molecule has 4 aromatic carbocycles. The van der Waals surface area contributed by atoms with Crippen molar-refractivity contribution in [3.8, 4) is 0 Å². The smallest absolute Gasteiger partial charge is 0.0590 e. The average molecular weight is 446 g/mol. The number of nitrogens with zero attached hydrogens (tertiary/aromatic N) is 3. The van der Waals surface area contributed by atoms with Crippen molar-refractivity contribution in [2.45, 2.75) is 0 Å². The highest BCUT2D eigenvalue weighted by Gasteiger charge is 2.12. The molecule has 0 amide bonds. The van der Waals surface area contributed by atoms with Crippen molar-refractivity contribution in [2.75, 3.05) is 17.0 Å². The number of benzene rings is 4. The Bertz CT molecular complexity index is 1090. The predicted molar refractivity (Wildman–Crippen MR) is 134 cm³/mol. The van der Waals surface area contributed by atoms with Crippen molar-refractivity contribution in [1.29, 1.82) is 0 Å². The highest BCUT2D eigenvalue weighted by atomic mass is 35.5. The van der Waals surface area contributed by atoms with Gasteiger partial charge in [-0.3, -0.25) is 5.01 Å². The molecule has 0 aliphatic carbocycles. The second kappa shape index (κ2) is 9.69. The molecule has 0 saturated carbocycles. The predicted octanol–water partition coefficient (Wildman–Crippen LogP) is 7.93. The zero-order valence-electron chi connectivity index (χ0n) is 17.0. The molecule has 5 heteroatoms. The first kappa shape index (κ1) is 21.0. The maximum atomic E-state index is 6.10. The number of rotatable bonds is 6. The number of hydrazone groups is 1. The van der Waals surface area contributed by atoms with Gasteiger partial charge in [0.2, 0.25) is 0 Å². The molecular weight excluding hydrogens is 425 g/mol. The molecule has 31 heavy (non-hydrogen) atoms. The van der Waals surface area contributed by atoms with E-state index in [0.29, 0.717) is 10.0 Å². The van der Waals surface area contributed by atoms with E-state index in [4.69, 9.17) is 23.2 Å². The molecule has 4 rings (SSSR count). The lowest BCUT2D eigenvalue weighted by atomic mass is 10.1. The van der Waals surface area contributed by atoms with E-state index in [0.717, 1.165) is 28.3 Å². The fourth-order valence-corrected chi connectivity index (χ4v) is 3.45. The van der Waals surface area contributed by atoms with Crippen molar-refractivity contribution >= 4 is 52.2 Å². The van der Waals surface area contributed by atoms with Gasteiger partial charge < -0.3 is 4.90 Å². The van der Waals surface area contributed by atoms with E-state index >= 15 is 0 Å². The highest BCUT2D eigenvalue weighted by molar-refractivity contribution is 6.31. The van der Waals surface area contributed by atoms with Gasteiger partial charge in [-0.05, 0) is 78.4 Å². The van der Waals surface area contributed by atoms with Gasteiger partial charge in [0.25, 0.3) is 0 Å². The van der Waals surface area contributed by atoms with Crippen LogP contribution in [0, 0.1) is 0 Å². The van der Waals surface area contributed by atoms with Gasteiger partial charge in [-0.1, -0.05) is 53.5 Å². The van der Waals surface area contributed by atoms with Gasteiger partial charge in [0, 0.05) is 34.2 Å². The van der Waals surface area contributed by atoms with E-state index < -0.39 is 0 Å². The molecule has 0 bridgehead atoms. The zero-order chi connectivity index (χ0) is 21.6. The molecule has 0 atom stereocenters. The molecule has 0 fully saturated rings. The van der Waals surface area contributed by atoms with E-state index in [-0.39, 0.29) is 0 Å². The van der Waals surface area contributed by atoms with Gasteiger partial charge >= 0.3 is 0 Å². The number of hydrogen-bond donors (Lipinski definition) is 0. The molecule has 0 aromatic heterocycles. The lowest BCUT2D eigenvalue weighted by Crippen LogP contribution is -2.10. The number of halogens is 2. The first-order chi connectivity index (χ1) is 15.1. The molecule has 0 N–H and O–H groups in total. The molecular formula is C26H21Cl2N3. The van der Waals surface area contributed by atoms with Crippen LogP contribution in [0.3, 0.4) is 0 Å². The Labute approximate surface area is 192 Å². The molecule has 0 heterocycles. The molecule has 3 nitrogen and oxygen atoms in total. The van der Waals surface area contributed by atoms with Crippen LogP contribution < -0.4 is 9.91 Å². The van der Waals surface area contributed by atoms with Crippen LogP contribution in [0.4, 0.5) is 22.7 Å². The minimum atomic E-state index is 0.703. The van der Waals surface area contributed by atoms with E-state index in [1.54, 1.807) is 0 Å². The Balaban J connectivity index is 1.61. The third-order valence-corrected chi connectivity index (χ3v) is 5.33. The minimum Gasteiger partial charge on any atom is -0.311 e. The summed E-state index contributed by atoms with van der Waals surface area (Å²) in [7, 11) is 1.93. The quantitative estimate of drug-likeness (QED) is 0.221. The van der Waals surface area contributed by atoms with E-state index in [2.05, 4.69) is 34.3 Å². The average Bonchev–Trinajstić information content (AvgIpc) is 2.81. The lowest BCUT2D eigenvalue weighted by molar-refractivity contribution is 1.02.